The molecule has 0 atom stereocenters. The fraction of sp³-hybridized carbons (Fsp3) is 0.417. The van der Waals surface area contributed by atoms with Crippen molar-refractivity contribution in [1.29, 1.82) is 0 Å². The Kier molecular flexibility index (Phi) is 3.27. The maximum absolute atomic E-state index is 11.4. The van der Waals surface area contributed by atoms with E-state index in [2.05, 4.69) is 11.4 Å². The van der Waals surface area contributed by atoms with Gasteiger partial charge in [0.2, 0.25) is 0 Å². The summed E-state index contributed by atoms with van der Waals surface area (Å²) in [6.45, 7) is 0.677. The van der Waals surface area contributed by atoms with E-state index in [0.717, 1.165) is 30.4 Å². The first-order valence-corrected chi connectivity index (χ1v) is 5.80. The van der Waals surface area contributed by atoms with Crippen LogP contribution in [-0.4, -0.2) is 11.8 Å². The molecule has 0 radical (unpaired) electrons. The zero-order valence-electron chi connectivity index (χ0n) is 8.55. The zero-order chi connectivity index (χ0) is 10.7. The van der Waals surface area contributed by atoms with Crippen molar-refractivity contribution in [2.75, 3.05) is 5.88 Å². The van der Waals surface area contributed by atoms with Crippen molar-refractivity contribution in [1.82, 2.24) is 5.32 Å². The largest absolute Gasteiger partial charge is 0.348 e. The van der Waals surface area contributed by atoms with Crippen molar-refractivity contribution in [3.05, 3.63) is 34.9 Å². The van der Waals surface area contributed by atoms with E-state index in [1.165, 1.54) is 5.56 Å². The first kappa shape index (κ1) is 10.5. The number of hydrogen-bond acceptors (Lipinski definition) is 1. The van der Waals surface area contributed by atoms with Crippen LogP contribution >= 0.6 is 11.6 Å². The Bertz CT molecular complexity index is 376. The minimum atomic E-state index is 0.0594. The number of hydrogen-bond donors (Lipinski definition) is 1. The molecule has 0 saturated heterocycles. The van der Waals surface area contributed by atoms with Crippen molar-refractivity contribution < 1.29 is 4.79 Å². The van der Waals surface area contributed by atoms with Crippen LogP contribution in [0.4, 0.5) is 0 Å². The highest BCUT2D eigenvalue weighted by Gasteiger charge is 2.18. The molecule has 1 heterocycles. The molecule has 2 nitrogen and oxygen atoms in total. The quantitative estimate of drug-likeness (QED) is 0.617. The standard InChI is InChI=1S/C12H14ClNO/c13-6-2-1-3-9-4-5-10-8-14-12(15)11(10)7-9/h4-5,7H,1-3,6,8H2,(H,14,15). The van der Waals surface area contributed by atoms with Gasteiger partial charge in [-0.15, -0.1) is 11.6 Å². The molecule has 80 valence electrons. The first-order chi connectivity index (χ1) is 7.31. The van der Waals surface area contributed by atoms with Gasteiger partial charge in [-0.3, -0.25) is 4.79 Å². The van der Waals surface area contributed by atoms with E-state index < -0.39 is 0 Å². The van der Waals surface area contributed by atoms with Gasteiger partial charge < -0.3 is 5.32 Å². The third kappa shape index (κ3) is 2.32. The van der Waals surface area contributed by atoms with Crippen LogP contribution in [0.25, 0.3) is 0 Å². The number of aryl methyl sites for hydroxylation is 1. The molecule has 0 aromatic heterocycles. The molecule has 1 N–H and O–H groups in total. The number of rotatable bonds is 4. The molecule has 15 heavy (non-hydrogen) atoms. The average Bonchev–Trinajstić information content (AvgIpc) is 2.61. The minimum absolute atomic E-state index is 0.0594. The first-order valence-electron chi connectivity index (χ1n) is 5.27. The van der Waals surface area contributed by atoms with Crippen LogP contribution in [0.5, 0.6) is 0 Å². The third-order valence-corrected chi connectivity index (χ3v) is 2.97. The lowest BCUT2D eigenvalue weighted by Crippen LogP contribution is -2.12. The lowest BCUT2D eigenvalue weighted by Gasteiger charge is -2.02. The molecule has 0 unspecified atom stereocenters. The molecule has 0 fully saturated rings. The molecular weight excluding hydrogens is 210 g/mol. The lowest BCUT2D eigenvalue weighted by atomic mass is 10.0. The number of amides is 1. The third-order valence-electron chi connectivity index (χ3n) is 2.71. The second kappa shape index (κ2) is 4.67. The van der Waals surface area contributed by atoms with Crippen molar-refractivity contribution in [2.45, 2.75) is 25.8 Å². The summed E-state index contributed by atoms with van der Waals surface area (Å²) in [5.41, 5.74) is 3.19. The van der Waals surface area contributed by atoms with E-state index >= 15 is 0 Å². The van der Waals surface area contributed by atoms with E-state index in [0.29, 0.717) is 12.4 Å². The predicted octanol–water partition coefficient (Wildman–Crippen LogP) is 2.49. The molecule has 0 bridgehead atoms. The van der Waals surface area contributed by atoms with Crippen molar-refractivity contribution >= 4 is 17.5 Å². The van der Waals surface area contributed by atoms with Gasteiger partial charge >= 0.3 is 0 Å². The van der Waals surface area contributed by atoms with Crippen LogP contribution in [0.2, 0.25) is 0 Å². The van der Waals surface area contributed by atoms with E-state index in [9.17, 15) is 4.79 Å². The summed E-state index contributed by atoms with van der Waals surface area (Å²) in [6.07, 6.45) is 3.13. The van der Waals surface area contributed by atoms with Gasteiger partial charge in [0, 0.05) is 18.0 Å². The van der Waals surface area contributed by atoms with Crippen molar-refractivity contribution in [2.24, 2.45) is 0 Å². The summed E-state index contributed by atoms with van der Waals surface area (Å²) in [5.74, 6) is 0.773. The highest BCUT2D eigenvalue weighted by Crippen LogP contribution is 2.18. The second-order valence-corrected chi connectivity index (χ2v) is 4.20. The molecule has 1 aliphatic rings. The molecule has 1 aromatic carbocycles. The van der Waals surface area contributed by atoms with Crippen LogP contribution in [0.3, 0.4) is 0 Å². The summed E-state index contributed by atoms with van der Waals surface area (Å²) in [6, 6.07) is 6.16. The molecule has 1 aromatic rings. The van der Waals surface area contributed by atoms with E-state index in [4.69, 9.17) is 11.6 Å². The van der Waals surface area contributed by atoms with Crippen LogP contribution in [-0.2, 0) is 13.0 Å². The fourth-order valence-corrected chi connectivity index (χ4v) is 2.03. The monoisotopic (exact) mass is 223 g/mol. The summed E-state index contributed by atoms with van der Waals surface area (Å²) < 4.78 is 0. The SMILES string of the molecule is O=C1NCc2ccc(CCCCCl)cc21. The number of carbonyl (C=O) groups is 1. The second-order valence-electron chi connectivity index (χ2n) is 3.82. The van der Waals surface area contributed by atoms with Crippen LogP contribution in [0, 0.1) is 0 Å². The summed E-state index contributed by atoms with van der Waals surface area (Å²) >= 11 is 5.62. The Hall–Kier alpha value is -1.02. The van der Waals surface area contributed by atoms with Gasteiger partial charge in [-0.2, -0.15) is 0 Å². The number of halogens is 1. The number of alkyl halides is 1. The van der Waals surface area contributed by atoms with Gasteiger partial charge in [0.1, 0.15) is 0 Å². The van der Waals surface area contributed by atoms with Gasteiger partial charge in [0.15, 0.2) is 0 Å². The predicted molar refractivity (Wildman–Crippen MR) is 61.3 cm³/mol. The Balaban J connectivity index is 2.08. The summed E-state index contributed by atoms with van der Waals surface area (Å²) in [4.78, 5) is 11.4. The molecule has 3 heteroatoms. The Morgan fingerprint density at radius 3 is 3.00 bits per heavy atom. The summed E-state index contributed by atoms with van der Waals surface area (Å²) in [7, 11) is 0. The zero-order valence-corrected chi connectivity index (χ0v) is 9.31. The number of unbranched alkanes of at least 4 members (excludes halogenated alkanes) is 1. The number of benzene rings is 1. The van der Waals surface area contributed by atoms with Crippen molar-refractivity contribution in [3.63, 3.8) is 0 Å². The maximum atomic E-state index is 11.4. The highest BCUT2D eigenvalue weighted by atomic mass is 35.5. The normalized spacial score (nSPS) is 13.8. The van der Waals surface area contributed by atoms with Gasteiger partial charge in [-0.05, 0) is 36.5 Å². The molecule has 1 aliphatic heterocycles. The number of nitrogens with one attached hydrogen (secondary N) is 1. The maximum Gasteiger partial charge on any atom is 0.251 e. The Morgan fingerprint density at radius 1 is 1.33 bits per heavy atom. The average molecular weight is 224 g/mol. The number of carbonyl (C=O) groups excluding carboxylic acids is 1. The van der Waals surface area contributed by atoms with E-state index in [1.807, 2.05) is 12.1 Å². The van der Waals surface area contributed by atoms with Crippen LogP contribution in [0.1, 0.15) is 34.3 Å². The smallest absolute Gasteiger partial charge is 0.251 e. The molecule has 1 amide bonds. The topological polar surface area (TPSA) is 29.1 Å². The van der Waals surface area contributed by atoms with E-state index in [-0.39, 0.29) is 5.91 Å². The van der Waals surface area contributed by atoms with Crippen LogP contribution < -0.4 is 5.32 Å². The van der Waals surface area contributed by atoms with Gasteiger partial charge in [0.05, 0.1) is 0 Å². The van der Waals surface area contributed by atoms with Crippen LogP contribution in [0.15, 0.2) is 18.2 Å². The van der Waals surface area contributed by atoms with Gasteiger partial charge in [-0.25, -0.2) is 0 Å². The molecule has 0 saturated carbocycles. The molecule has 0 spiro atoms. The van der Waals surface area contributed by atoms with E-state index in [1.54, 1.807) is 0 Å². The molecular formula is C12H14ClNO. The van der Waals surface area contributed by atoms with Crippen molar-refractivity contribution in [3.8, 4) is 0 Å². The number of fused-ring (bicyclic) bond motifs is 1. The van der Waals surface area contributed by atoms with Gasteiger partial charge in [-0.1, -0.05) is 12.1 Å². The minimum Gasteiger partial charge on any atom is -0.348 e. The Labute approximate surface area is 94.6 Å². The fourth-order valence-electron chi connectivity index (χ4n) is 1.84. The summed E-state index contributed by atoms with van der Waals surface area (Å²) in [5, 5.41) is 2.82. The highest BCUT2D eigenvalue weighted by molar-refractivity contribution is 6.17. The Morgan fingerprint density at radius 2 is 2.20 bits per heavy atom. The lowest BCUT2D eigenvalue weighted by molar-refractivity contribution is 0.0965. The molecule has 0 aliphatic carbocycles. The molecule has 2 rings (SSSR count). The van der Waals surface area contributed by atoms with Gasteiger partial charge in [0.25, 0.3) is 5.91 Å².